The standard InChI is InChI=1S/C38H75NO3/c1-3-5-7-9-11-13-15-17-18-19-21-23-25-27-29-31-33-39(34-36-42-37-35-40)38(41)32-30-28-26-24-22-20-16-14-12-10-8-6-4-2/h17-18,40H,3-16,19-37H2,1-2H3/b18-17-. The van der Waals surface area contributed by atoms with Crippen LogP contribution < -0.4 is 0 Å². The van der Waals surface area contributed by atoms with Crippen LogP contribution in [0.1, 0.15) is 194 Å². The zero-order chi connectivity index (χ0) is 30.6. The lowest BCUT2D eigenvalue weighted by Crippen LogP contribution is -2.35. The number of carbonyl (C=O) groups is 1. The zero-order valence-corrected chi connectivity index (χ0v) is 28.7. The van der Waals surface area contributed by atoms with Gasteiger partial charge < -0.3 is 14.7 Å². The molecule has 0 aromatic heterocycles. The Bertz CT molecular complexity index is 550. The average molecular weight is 594 g/mol. The van der Waals surface area contributed by atoms with E-state index in [0.717, 1.165) is 19.4 Å². The number of carbonyl (C=O) groups excluding carboxylic acids is 1. The van der Waals surface area contributed by atoms with E-state index < -0.39 is 0 Å². The van der Waals surface area contributed by atoms with Crippen molar-refractivity contribution in [1.29, 1.82) is 0 Å². The first-order chi connectivity index (χ1) is 20.8. The molecule has 0 saturated carbocycles. The maximum absolute atomic E-state index is 12.9. The molecule has 1 N–H and O–H groups in total. The molecule has 42 heavy (non-hydrogen) atoms. The zero-order valence-electron chi connectivity index (χ0n) is 28.7. The van der Waals surface area contributed by atoms with Crippen LogP contribution >= 0.6 is 0 Å². The monoisotopic (exact) mass is 594 g/mol. The number of hydrogen-bond donors (Lipinski definition) is 1. The Labute approximate surface area is 263 Å². The highest BCUT2D eigenvalue weighted by Gasteiger charge is 2.12. The van der Waals surface area contributed by atoms with Crippen molar-refractivity contribution in [3.8, 4) is 0 Å². The molecule has 4 heteroatoms. The predicted molar refractivity (Wildman–Crippen MR) is 184 cm³/mol. The van der Waals surface area contributed by atoms with Crippen molar-refractivity contribution in [3.05, 3.63) is 12.2 Å². The molecule has 0 rings (SSSR count). The van der Waals surface area contributed by atoms with Gasteiger partial charge in [0, 0.05) is 19.5 Å². The highest BCUT2D eigenvalue weighted by atomic mass is 16.5. The summed E-state index contributed by atoms with van der Waals surface area (Å²) in [6, 6.07) is 0. The number of nitrogens with zero attached hydrogens (tertiary/aromatic N) is 1. The summed E-state index contributed by atoms with van der Waals surface area (Å²) in [5.74, 6) is 0.290. The van der Waals surface area contributed by atoms with Crippen LogP contribution in [0.15, 0.2) is 12.2 Å². The molecule has 0 bridgehead atoms. The van der Waals surface area contributed by atoms with Crippen molar-refractivity contribution in [1.82, 2.24) is 4.90 Å². The maximum atomic E-state index is 12.9. The van der Waals surface area contributed by atoms with E-state index in [9.17, 15) is 4.79 Å². The molecule has 0 aromatic rings. The smallest absolute Gasteiger partial charge is 0.222 e. The molecule has 0 atom stereocenters. The number of aliphatic hydroxyl groups excluding tert-OH is 1. The summed E-state index contributed by atoms with van der Waals surface area (Å²) < 4.78 is 5.47. The van der Waals surface area contributed by atoms with Crippen LogP contribution in [0.5, 0.6) is 0 Å². The molecule has 0 fully saturated rings. The van der Waals surface area contributed by atoms with Gasteiger partial charge in [-0.15, -0.1) is 0 Å². The number of hydrogen-bond acceptors (Lipinski definition) is 3. The Morgan fingerprint density at radius 2 is 0.929 bits per heavy atom. The van der Waals surface area contributed by atoms with Crippen molar-refractivity contribution in [2.75, 3.05) is 32.9 Å². The molecule has 0 aliphatic carbocycles. The topological polar surface area (TPSA) is 49.8 Å². The minimum Gasteiger partial charge on any atom is -0.394 e. The molecular weight excluding hydrogens is 518 g/mol. The van der Waals surface area contributed by atoms with Gasteiger partial charge in [-0.25, -0.2) is 0 Å². The van der Waals surface area contributed by atoms with E-state index in [-0.39, 0.29) is 6.61 Å². The average Bonchev–Trinajstić information content (AvgIpc) is 3.00. The highest BCUT2D eigenvalue weighted by Crippen LogP contribution is 2.14. The fourth-order valence-electron chi connectivity index (χ4n) is 5.70. The van der Waals surface area contributed by atoms with Crippen molar-refractivity contribution in [2.24, 2.45) is 0 Å². The molecule has 0 aliphatic heterocycles. The third kappa shape index (κ3) is 32.1. The number of amides is 1. The van der Waals surface area contributed by atoms with E-state index >= 15 is 0 Å². The van der Waals surface area contributed by atoms with Crippen molar-refractivity contribution < 1.29 is 14.6 Å². The van der Waals surface area contributed by atoms with Gasteiger partial charge in [0.15, 0.2) is 0 Å². The van der Waals surface area contributed by atoms with Crippen LogP contribution in [0.3, 0.4) is 0 Å². The first-order valence-electron chi connectivity index (χ1n) is 18.9. The van der Waals surface area contributed by atoms with E-state index in [2.05, 4.69) is 26.0 Å². The summed E-state index contributed by atoms with van der Waals surface area (Å²) in [7, 11) is 0. The Morgan fingerprint density at radius 1 is 0.524 bits per heavy atom. The number of ether oxygens (including phenoxy) is 1. The van der Waals surface area contributed by atoms with Crippen LogP contribution in [0, 0.1) is 0 Å². The van der Waals surface area contributed by atoms with E-state index in [4.69, 9.17) is 9.84 Å². The van der Waals surface area contributed by atoms with Crippen molar-refractivity contribution >= 4 is 5.91 Å². The molecule has 0 spiro atoms. The number of unbranched alkanes of at least 4 members (excludes halogenated alkanes) is 24. The molecule has 1 amide bonds. The lowest BCUT2D eigenvalue weighted by Gasteiger charge is -2.23. The largest absolute Gasteiger partial charge is 0.394 e. The van der Waals surface area contributed by atoms with Crippen LogP contribution in [0.4, 0.5) is 0 Å². The second-order valence-electron chi connectivity index (χ2n) is 12.6. The molecule has 0 radical (unpaired) electrons. The van der Waals surface area contributed by atoms with Gasteiger partial charge in [0.2, 0.25) is 5.91 Å². The van der Waals surface area contributed by atoms with Gasteiger partial charge in [-0.3, -0.25) is 4.79 Å². The van der Waals surface area contributed by atoms with E-state index in [1.807, 2.05) is 4.90 Å². The maximum Gasteiger partial charge on any atom is 0.222 e. The van der Waals surface area contributed by atoms with Crippen LogP contribution in [0.2, 0.25) is 0 Å². The molecular formula is C38H75NO3. The van der Waals surface area contributed by atoms with Crippen LogP contribution in [-0.2, 0) is 9.53 Å². The van der Waals surface area contributed by atoms with E-state index in [0.29, 0.717) is 32.1 Å². The Balaban J connectivity index is 3.81. The minimum absolute atomic E-state index is 0.0435. The fraction of sp³-hybridized carbons (Fsp3) is 0.921. The van der Waals surface area contributed by atoms with Crippen molar-refractivity contribution in [2.45, 2.75) is 194 Å². The lowest BCUT2D eigenvalue weighted by molar-refractivity contribution is -0.132. The summed E-state index contributed by atoms with van der Waals surface area (Å²) in [5, 5.41) is 8.98. The Morgan fingerprint density at radius 3 is 1.38 bits per heavy atom. The SMILES string of the molecule is CCCCCCCC/C=C\CCCCCCCCN(CCOCCO)C(=O)CCCCCCCCCCCCCCC. The lowest BCUT2D eigenvalue weighted by atomic mass is 10.0. The van der Waals surface area contributed by atoms with Gasteiger partial charge >= 0.3 is 0 Å². The molecule has 0 saturated heterocycles. The fourth-order valence-corrected chi connectivity index (χ4v) is 5.70. The van der Waals surface area contributed by atoms with Crippen LogP contribution in [0.25, 0.3) is 0 Å². The minimum atomic E-state index is 0.0435. The van der Waals surface area contributed by atoms with Gasteiger partial charge in [-0.2, -0.15) is 0 Å². The second-order valence-corrected chi connectivity index (χ2v) is 12.6. The first-order valence-corrected chi connectivity index (χ1v) is 18.9. The van der Waals surface area contributed by atoms with Gasteiger partial charge in [0.25, 0.3) is 0 Å². The van der Waals surface area contributed by atoms with Gasteiger partial charge in [0.1, 0.15) is 0 Å². The summed E-state index contributed by atoms with van der Waals surface area (Å²) in [6.45, 7) is 6.99. The summed E-state index contributed by atoms with van der Waals surface area (Å²) in [6.07, 6.45) is 41.0. The molecule has 0 aliphatic rings. The number of allylic oxidation sites excluding steroid dienone is 2. The second kappa shape index (κ2) is 36.3. The van der Waals surface area contributed by atoms with Gasteiger partial charge in [-0.05, 0) is 38.5 Å². The Hall–Kier alpha value is -0.870. The molecule has 0 unspecified atom stereocenters. The third-order valence-electron chi connectivity index (χ3n) is 8.53. The number of aliphatic hydroxyl groups is 1. The van der Waals surface area contributed by atoms with Gasteiger partial charge in [0.05, 0.1) is 19.8 Å². The molecule has 250 valence electrons. The molecule has 4 nitrogen and oxygen atoms in total. The normalized spacial score (nSPS) is 11.6. The van der Waals surface area contributed by atoms with Crippen LogP contribution in [-0.4, -0.2) is 48.8 Å². The molecule has 0 aromatic carbocycles. The third-order valence-corrected chi connectivity index (χ3v) is 8.53. The Kier molecular flexibility index (Phi) is 35.6. The summed E-state index contributed by atoms with van der Waals surface area (Å²) in [5.41, 5.74) is 0. The van der Waals surface area contributed by atoms with E-state index in [1.165, 1.54) is 161 Å². The summed E-state index contributed by atoms with van der Waals surface area (Å²) >= 11 is 0. The van der Waals surface area contributed by atoms with Gasteiger partial charge in [-0.1, -0.05) is 161 Å². The summed E-state index contributed by atoms with van der Waals surface area (Å²) in [4.78, 5) is 14.9. The van der Waals surface area contributed by atoms with Crippen molar-refractivity contribution in [3.63, 3.8) is 0 Å². The van der Waals surface area contributed by atoms with E-state index in [1.54, 1.807) is 0 Å². The quantitative estimate of drug-likeness (QED) is 0.0587. The first kappa shape index (κ1) is 41.1. The predicted octanol–water partition coefficient (Wildman–Crippen LogP) is 11.3. The highest BCUT2D eigenvalue weighted by molar-refractivity contribution is 5.76. The number of rotatable bonds is 35. The molecule has 0 heterocycles.